The summed E-state index contributed by atoms with van der Waals surface area (Å²) in [6.07, 6.45) is -7.28. The van der Waals surface area contributed by atoms with Crippen LogP contribution in [0.25, 0.3) is 0 Å². The lowest BCUT2D eigenvalue weighted by molar-refractivity contribution is -0.209. The second-order valence-electron chi connectivity index (χ2n) is 4.11. The highest BCUT2D eigenvalue weighted by Crippen LogP contribution is 2.32. The molecule has 118 valence electrons. The minimum absolute atomic E-state index is 0.405. The molecule has 0 saturated carbocycles. The molecule has 0 N–H and O–H groups in total. The van der Waals surface area contributed by atoms with Crippen LogP contribution in [0.5, 0.6) is 0 Å². The molecule has 0 aliphatic heterocycles. The molecule has 0 aromatic carbocycles. The number of esters is 2. The van der Waals surface area contributed by atoms with Gasteiger partial charge in [-0.05, 0) is 6.42 Å². The van der Waals surface area contributed by atoms with Crippen LogP contribution >= 0.6 is 0 Å². The van der Waals surface area contributed by atoms with Crippen LogP contribution in [-0.4, -0.2) is 37.3 Å². The highest BCUT2D eigenvalue weighted by molar-refractivity contribution is 5.77. The molecular formula is C11H15F5O4. The van der Waals surface area contributed by atoms with Gasteiger partial charge in [0.25, 0.3) is 0 Å². The van der Waals surface area contributed by atoms with E-state index in [1.807, 2.05) is 0 Å². The predicted octanol–water partition coefficient (Wildman–Crippen LogP) is 2.71. The van der Waals surface area contributed by atoms with Gasteiger partial charge >= 0.3 is 24.0 Å². The number of halogens is 5. The van der Waals surface area contributed by atoms with Crippen molar-refractivity contribution >= 4 is 11.9 Å². The molecule has 0 bridgehead atoms. The third-order valence-electron chi connectivity index (χ3n) is 2.30. The van der Waals surface area contributed by atoms with Gasteiger partial charge in [-0.25, -0.2) is 4.79 Å². The summed E-state index contributed by atoms with van der Waals surface area (Å²) < 4.78 is 69.4. The summed E-state index contributed by atoms with van der Waals surface area (Å²) in [5.74, 6) is -7.96. The van der Waals surface area contributed by atoms with Crippen LogP contribution in [0.2, 0.25) is 0 Å². The van der Waals surface area contributed by atoms with E-state index < -0.39 is 49.6 Å². The van der Waals surface area contributed by atoms with Crippen molar-refractivity contribution in [3.8, 4) is 0 Å². The van der Waals surface area contributed by atoms with Crippen LogP contribution in [0.3, 0.4) is 0 Å². The molecule has 0 aromatic heterocycles. The van der Waals surface area contributed by atoms with E-state index in [1.54, 1.807) is 13.8 Å². The van der Waals surface area contributed by atoms with Crippen molar-refractivity contribution in [2.75, 3.05) is 13.2 Å². The molecule has 0 spiro atoms. The second-order valence-corrected chi connectivity index (χ2v) is 4.11. The van der Waals surface area contributed by atoms with E-state index in [9.17, 15) is 31.5 Å². The topological polar surface area (TPSA) is 52.6 Å². The van der Waals surface area contributed by atoms with E-state index in [0.717, 1.165) is 0 Å². The van der Waals surface area contributed by atoms with Gasteiger partial charge < -0.3 is 9.47 Å². The van der Waals surface area contributed by atoms with Gasteiger partial charge in [-0.1, -0.05) is 13.8 Å². The number of hydrogen-bond acceptors (Lipinski definition) is 4. The van der Waals surface area contributed by atoms with E-state index >= 15 is 0 Å². The molecule has 0 rings (SSSR count). The normalized spacial score (nSPS) is 13.8. The summed E-state index contributed by atoms with van der Waals surface area (Å²) >= 11 is 0. The summed E-state index contributed by atoms with van der Waals surface area (Å²) in [6.45, 7) is 2.08. The lowest BCUT2D eigenvalue weighted by atomic mass is 10.1. The lowest BCUT2D eigenvalue weighted by Crippen LogP contribution is -2.36. The fraction of sp³-hybridized carbons (Fsp3) is 0.818. The maximum absolute atomic E-state index is 12.8. The number of carbonyl (C=O) groups excluding carboxylic acids is 2. The number of ether oxygens (including phenoxy) is 2. The van der Waals surface area contributed by atoms with Crippen LogP contribution in [0.1, 0.15) is 26.7 Å². The highest BCUT2D eigenvalue weighted by atomic mass is 19.4. The largest absolute Gasteiger partial charge is 0.462 e. The van der Waals surface area contributed by atoms with Crippen molar-refractivity contribution in [1.29, 1.82) is 0 Å². The SMILES string of the molecule is CCC(C)C(=O)OCCOC(=O)C(F)(F)CC(F)(F)F. The monoisotopic (exact) mass is 306 g/mol. The van der Waals surface area contributed by atoms with E-state index in [1.165, 1.54) is 0 Å². The van der Waals surface area contributed by atoms with Gasteiger partial charge in [-0.2, -0.15) is 22.0 Å². The molecule has 9 heteroatoms. The molecule has 0 aliphatic carbocycles. The van der Waals surface area contributed by atoms with Gasteiger partial charge in [0.15, 0.2) is 0 Å². The van der Waals surface area contributed by atoms with Crippen molar-refractivity contribution in [1.82, 2.24) is 0 Å². The smallest absolute Gasteiger partial charge is 0.395 e. The maximum atomic E-state index is 12.8. The standard InChI is InChI=1S/C11H15F5O4/c1-3-7(2)8(17)19-4-5-20-9(18)10(12,13)6-11(14,15)16/h7H,3-6H2,1-2H3. The lowest BCUT2D eigenvalue weighted by Gasteiger charge is -2.16. The number of carbonyl (C=O) groups is 2. The molecule has 1 unspecified atom stereocenters. The molecule has 0 radical (unpaired) electrons. The van der Waals surface area contributed by atoms with E-state index in [-0.39, 0.29) is 0 Å². The fourth-order valence-electron chi connectivity index (χ4n) is 1.02. The van der Waals surface area contributed by atoms with Gasteiger partial charge in [0.05, 0.1) is 5.92 Å². The Morgan fingerprint density at radius 3 is 2.00 bits per heavy atom. The van der Waals surface area contributed by atoms with Crippen LogP contribution in [0.4, 0.5) is 22.0 Å². The Hall–Kier alpha value is -1.41. The van der Waals surface area contributed by atoms with E-state index in [4.69, 9.17) is 0 Å². The number of rotatable bonds is 7. The third kappa shape index (κ3) is 7.25. The zero-order valence-electron chi connectivity index (χ0n) is 10.9. The first-order valence-corrected chi connectivity index (χ1v) is 5.78. The highest BCUT2D eigenvalue weighted by Gasteiger charge is 2.50. The number of hydrogen-bond donors (Lipinski definition) is 0. The van der Waals surface area contributed by atoms with Crippen LogP contribution in [0, 0.1) is 5.92 Å². The quantitative estimate of drug-likeness (QED) is 0.412. The Morgan fingerprint density at radius 1 is 1.05 bits per heavy atom. The Morgan fingerprint density at radius 2 is 1.55 bits per heavy atom. The Kier molecular flexibility index (Phi) is 6.87. The average Bonchev–Trinajstić information content (AvgIpc) is 2.29. The molecule has 1 atom stereocenters. The van der Waals surface area contributed by atoms with Gasteiger partial charge in [0.1, 0.15) is 19.6 Å². The van der Waals surface area contributed by atoms with Crippen molar-refractivity contribution in [2.45, 2.75) is 38.8 Å². The van der Waals surface area contributed by atoms with Crippen molar-refractivity contribution in [3.63, 3.8) is 0 Å². The average molecular weight is 306 g/mol. The summed E-state index contributed by atoms with van der Waals surface area (Å²) in [7, 11) is 0. The molecular weight excluding hydrogens is 291 g/mol. The first-order valence-electron chi connectivity index (χ1n) is 5.78. The van der Waals surface area contributed by atoms with Crippen LogP contribution < -0.4 is 0 Å². The van der Waals surface area contributed by atoms with Crippen LogP contribution in [0.15, 0.2) is 0 Å². The summed E-state index contributed by atoms with van der Waals surface area (Å²) in [6, 6.07) is 0. The molecule has 0 saturated heterocycles. The van der Waals surface area contributed by atoms with E-state index in [2.05, 4.69) is 9.47 Å². The van der Waals surface area contributed by atoms with Gasteiger partial charge in [-0.3, -0.25) is 4.79 Å². The molecule has 0 aliphatic rings. The molecule has 20 heavy (non-hydrogen) atoms. The Labute approximate surface area is 112 Å². The zero-order valence-corrected chi connectivity index (χ0v) is 10.9. The molecule has 0 fully saturated rings. The minimum atomic E-state index is -5.19. The fourth-order valence-corrected chi connectivity index (χ4v) is 1.02. The maximum Gasteiger partial charge on any atom is 0.395 e. The first kappa shape index (κ1) is 18.6. The van der Waals surface area contributed by atoms with Crippen molar-refractivity contribution in [3.05, 3.63) is 0 Å². The zero-order chi connectivity index (χ0) is 16.0. The molecule has 0 amide bonds. The molecule has 0 aromatic rings. The Balaban J connectivity index is 4.08. The first-order chi connectivity index (χ1) is 8.99. The predicted molar refractivity (Wildman–Crippen MR) is 57.0 cm³/mol. The van der Waals surface area contributed by atoms with Gasteiger partial charge in [-0.15, -0.1) is 0 Å². The van der Waals surface area contributed by atoms with Gasteiger partial charge in [0, 0.05) is 0 Å². The second kappa shape index (κ2) is 7.39. The summed E-state index contributed by atoms with van der Waals surface area (Å²) in [5.41, 5.74) is 0. The van der Waals surface area contributed by atoms with Crippen molar-refractivity contribution < 1.29 is 41.0 Å². The molecule has 4 nitrogen and oxygen atoms in total. The van der Waals surface area contributed by atoms with Gasteiger partial charge in [0.2, 0.25) is 0 Å². The van der Waals surface area contributed by atoms with E-state index in [0.29, 0.717) is 6.42 Å². The molecule has 0 heterocycles. The van der Waals surface area contributed by atoms with Crippen LogP contribution in [-0.2, 0) is 19.1 Å². The summed E-state index contributed by atoms with van der Waals surface area (Å²) in [4.78, 5) is 21.9. The summed E-state index contributed by atoms with van der Waals surface area (Å²) in [5, 5.41) is 0. The number of alkyl halides is 5. The minimum Gasteiger partial charge on any atom is -0.462 e. The Bertz CT molecular complexity index is 340. The third-order valence-corrected chi connectivity index (χ3v) is 2.30. The van der Waals surface area contributed by atoms with Crippen molar-refractivity contribution in [2.24, 2.45) is 5.92 Å².